The summed E-state index contributed by atoms with van der Waals surface area (Å²) in [6.07, 6.45) is 0. The smallest absolute Gasteiger partial charge is 0.423 e. The summed E-state index contributed by atoms with van der Waals surface area (Å²) >= 11 is 3.06. The highest BCUT2D eigenvalue weighted by molar-refractivity contribution is 9.10. The Kier molecular flexibility index (Phi) is 11.3. The van der Waals surface area contributed by atoms with E-state index in [-0.39, 0.29) is 16.3 Å². The molecule has 0 amide bonds. The van der Waals surface area contributed by atoms with E-state index in [1.807, 2.05) is 78.9 Å². The molecule has 292 valence electrons. The third kappa shape index (κ3) is 7.78. The second-order valence-electron chi connectivity index (χ2n) is 13.7. The first-order valence-electron chi connectivity index (χ1n) is 18.9. The van der Waals surface area contributed by atoms with Crippen molar-refractivity contribution >= 4 is 83.5 Å². The lowest BCUT2D eigenvalue weighted by molar-refractivity contribution is -0.385. The normalized spacial score (nSPS) is 10.8. The first-order valence-corrected chi connectivity index (χ1v) is 19.7. The van der Waals surface area contributed by atoms with Gasteiger partial charge in [0.1, 0.15) is 0 Å². The molecule has 2 heterocycles. The molecule has 0 unspecified atom stereocenters. The van der Waals surface area contributed by atoms with Crippen molar-refractivity contribution in [1.82, 2.24) is 9.13 Å². The maximum atomic E-state index is 11.3. The second kappa shape index (κ2) is 17.2. The Morgan fingerprint density at radius 2 is 0.783 bits per heavy atom. The van der Waals surface area contributed by atoms with Crippen LogP contribution >= 0.6 is 15.9 Å². The third-order valence-electron chi connectivity index (χ3n) is 10.2. The van der Waals surface area contributed by atoms with E-state index in [1.165, 1.54) is 33.7 Å². The Balaban J connectivity index is 0.000000138. The van der Waals surface area contributed by atoms with Crippen LogP contribution in [0.1, 0.15) is 0 Å². The van der Waals surface area contributed by atoms with E-state index in [0.29, 0.717) is 15.5 Å². The molecule has 60 heavy (non-hydrogen) atoms. The Morgan fingerprint density at radius 1 is 0.433 bits per heavy atom. The fourth-order valence-electron chi connectivity index (χ4n) is 7.46. The van der Waals surface area contributed by atoms with E-state index in [4.69, 9.17) is 0 Å². The average Bonchev–Trinajstić information content (AvgIpc) is 3.80. The molecule has 2 aromatic heterocycles. The van der Waals surface area contributed by atoms with Gasteiger partial charge in [0, 0.05) is 45.1 Å². The zero-order valence-corrected chi connectivity index (χ0v) is 33.3. The van der Waals surface area contributed by atoms with Crippen LogP contribution in [0.3, 0.4) is 0 Å². The van der Waals surface area contributed by atoms with Crippen LogP contribution in [0.5, 0.6) is 0 Å². The molecule has 0 aliphatic carbocycles. The number of fused-ring (bicyclic) bond motifs is 6. The van der Waals surface area contributed by atoms with E-state index in [2.05, 4.69) is 85.7 Å². The summed E-state index contributed by atoms with van der Waals surface area (Å²) in [5, 5.41) is 44.9. The van der Waals surface area contributed by atoms with Crippen LogP contribution in [-0.4, -0.2) is 36.1 Å². The predicted molar refractivity (Wildman–Crippen MR) is 244 cm³/mol. The monoisotopic (exact) mass is 852 g/mol. The van der Waals surface area contributed by atoms with Gasteiger partial charge < -0.3 is 19.2 Å². The highest BCUT2D eigenvalue weighted by Crippen LogP contribution is 2.35. The van der Waals surface area contributed by atoms with Crippen molar-refractivity contribution in [2.45, 2.75) is 0 Å². The molecule has 0 spiro atoms. The van der Waals surface area contributed by atoms with Crippen LogP contribution in [0.25, 0.3) is 66.1 Å². The summed E-state index contributed by atoms with van der Waals surface area (Å²) < 4.78 is 4.94. The molecular weight excluding hydrogens is 819 g/mol. The molecule has 0 saturated carbocycles. The lowest BCUT2D eigenvalue weighted by Crippen LogP contribution is -2.29. The molecule has 0 saturated heterocycles. The Hall–Kier alpha value is -7.38. The number of aromatic nitrogens is 2. The van der Waals surface area contributed by atoms with Crippen LogP contribution in [0.4, 0.5) is 11.4 Å². The molecule has 10 aromatic rings. The predicted octanol–water partition coefficient (Wildman–Crippen LogP) is 11.2. The second-order valence-corrected chi connectivity index (χ2v) is 14.6. The summed E-state index contributed by atoms with van der Waals surface area (Å²) in [6.45, 7) is 0. The molecule has 10 rings (SSSR count). The van der Waals surface area contributed by atoms with Gasteiger partial charge in [0.25, 0.3) is 11.4 Å². The van der Waals surface area contributed by atoms with Gasteiger partial charge in [-0.05, 0) is 87.6 Å². The van der Waals surface area contributed by atoms with E-state index in [1.54, 1.807) is 42.5 Å². The minimum absolute atomic E-state index is 0.0995. The molecule has 8 aromatic carbocycles. The van der Waals surface area contributed by atoms with Crippen molar-refractivity contribution in [2.75, 3.05) is 0 Å². The number of nitro benzene ring substituents is 2. The van der Waals surface area contributed by atoms with Gasteiger partial charge in [-0.25, -0.2) is 0 Å². The Labute approximate surface area is 352 Å². The number of rotatable bonds is 6. The summed E-state index contributed by atoms with van der Waals surface area (Å²) in [5.41, 5.74) is 8.75. The number of hydrogen-bond acceptors (Lipinski definition) is 6. The molecule has 12 heteroatoms. The summed E-state index contributed by atoms with van der Waals surface area (Å²) in [4.78, 5) is 20.8. The van der Waals surface area contributed by atoms with Gasteiger partial charge in [0.05, 0.1) is 41.9 Å². The highest BCUT2D eigenvalue weighted by Gasteiger charge is 2.17. The Bertz CT molecular complexity index is 3060. The number of benzene rings is 8. The average molecular weight is 854 g/mol. The molecule has 0 atom stereocenters. The first kappa shape index (κ1) is 39.5. The standard InChI is InChI=1S/C24H16N2O2.C18H14BNO2.C6H4BrNO2/c27-26(28)24-12-6-1-7-19(24)17-13-15-18(16-14-17)25-22-10-4-2-8-20(22)21-9-3-5-11-23(21)25;21-19(22)13-9-11-14(12-10-13)20-17-7-3-1-5-15(17)16-6-2-4-8-18(16)20;7-5-3-1-2-4-6(5)8(9)10/h1-16H;1-12,21-22H;1-4H. The summed E-state index contributed by atoms with van der Waals surface area (Å²) in [7, 11) is -1.44. The van der Waals surface area contributed by atoms with Gasteiger partial charge in [-0.2, -0.15) is 0 Å². The van der Waals surface area contributed by atoms with Crippen LogP contribution in [-0.2, 0) is 0 Å². The third-order valence-corrected chi connectivity index (χ3v) is 10.9. The topological polar surface area (TPSA) is 137 Å². The molecular formula is C48H34BBrN4O6. The van der Waals surface area contributed by atoms with Crippen LogP contribution in [0.2, 0.25) is 0 Å². The SMILES string of the molecule is O=[N+]([O-])c1ccccc1-c1ccc(-n2c3ccccc3c3ccccc32)cc1.O=[N+]([O-])c1ccccc1Br.OB(O)c1ccc(-n2c3ccccc3c3ccccc32)cc1. The van der Waals surface area contributed by atoms with Crippen molar-refractivity contribution in [3.8, 4) is 22.5 Å². The number of nitro groups is 2. The fraction of sp³-hybridized carbons (Fsp3) is 0. The Morgan fingerprint density at radius 3 is 1.17 bits per heavy atom. The van der Waals surface area contributed by atoms with Crippen molar-refractivity contribution in [3.63, 3.8) is 0 Å². The van der Waals surface area contributed by atoms with Gasteiger partial charge >= 0.3 is 7.12 Å². The maximum absolute atomic E-state index is 11.3. The zero-order chi connectivity index (χ0) is 41.8. The van der Waals surface area contributed by atoms with Crippen LogP contribution < -0.4 is 5.46 Å². The van der Waals surface area contributed by atoms with Gasteiger partial charge in [0.15, 0.2) is 0 Å². The first-order chi connectivity index (χ1) is 29.2. The van der Waals surface area contributed by atoms with E-state index in [9.17, 15) is 30.3 Å². The summed E-state index contributed by atoms with van der Waals surface area (Å²) in [5.74, 6) is 0. The lowest BCUT2D eigenvalue weighted by Gasteiger charge is -2.09. The zero-order valence-electron chi connectivity index (χ0n) is 31.7. The van der Waals surface area contributed by atoms with Gasteiger partial charge in [-0.15, -0.1) is 0 Å². The molecule has 0 radical (unpaired) electrons. The van der Waals surface area contributed by atoms with Gasteiger partial charge in [-0.3, -0.25) is 20.2 Å². The number of nitrogens with zero attached hydrogens (tertiary/aromatic N) is 4. The van der Waals surface area contributed by atoms with E-state index >= 15 is 0 Å². The minimum Gasteiger partial charge on any atom is -0.423 e. The quantitative estimate of drug-likeness (QED) is 0.0971. The molecule has 0 aliphatic rings. The maximum Gasteiger partial charge on any atom is 0.488 e. The van der Waals surface area contributed by atoms with Crippen LogP contribution in [0, 0.1) is 20.2 Å². The van der Waals surface area contributed by atoms with Crippen LogP contribution in [0.15, 0.2) is 199 Å². The van der Waals surface area contributed by atoms with Crippen molar-refractivity contribution in [2.24, 2.45) is 0 Å². The van der Waals surface area contributed by atoms with E-state index < -0.39 is 12.0 Å². The number of hydrogen-bond donors (Lipinski definition) is 2. The largest absolute Gasteiger partial charge is 0.488 e. The van der Waals surface area contributed by atoms with Gasteiger partial charge in [0.2, 0.25) is 0 Å². The van der Waals surface area contributed by atoms with Crippen molar-refractivity contribution in [1.29, 1.82) is 0 Å². The van der Waals surface area contributed by atoms with Crippen molar-refractivity contribution < 1.29 is 19.9 Å². The minimum atomic E-state index is -1.44. The number of halogens is 1. The lowest BCUT2D eigenvalue weighted by atomic mass is 9.80. The molecule has 2 N–H and O–H groups in total. The highest BCUT2D eigenvalue weighted by atomic mass is 79.9. The van der Waals surface area contributed by atoms with Crippen molar-refractivity contribution in [3.05, 3.63) is 219 Å². The fourth-order valence-corrected chi connectivity index (χ4v) is 7.89. The molecule has 0 aliphatic heterocycles. The molecule has 10 nitrogen and oxygen atoms in total. The van der Waals surface area contributed by atoms with E-state index in [0.717, 1.165) is 39.0 Å². The van der Waals surface area contributed by atoms with Gasteiger partial charge in [-0.1, -0.05) is 121 Å². The molecule has 0 fully saturated rings. The number of para-hydroxylation sites is 6. The molecule has 0 bridgehead atoms. The summed E-state index contributed by atoms with van der Waals surface area (Å²) in [6, 6.07) is 61.8.